The van der Waals surface area contributed by atoms with Gasteiger partial charge in [0.1, 0.15) is 17.3 Å². The van der Waals surface area contributed by atoms with Gasteiger partial charge >= 0.3 is 12.1 Å². The highest BCUT2D eigenvalue weighted by Crippen LogP contribution is 2.36. The van der Waals surface area contributed by atoms with Crippen LogP contribution in [0.3, 0.4) is 0 Å². The van der Waals surface area contributed by atoms with Crippen LogP contribution in [0.15, 0.2) is 54.6 Å². The molecule has 1 fully saturated rings. The number of nitrogens with zero attached hydrogens (tertiary/aromatic N) is 2. The van der Waals surface area contributed by atoms with Crippen molar-refractivity contribution in [1.82, 2.24) is 9.47 Å². The van der Waals surface area contributed by atoms with Gasteiger partial charge < -0.3 is 14.0 Å². The Bertz CT molecular complexity index is 1270. The third-order valence-electron chi connectivity index (χ3n) is 6.55. The average molecular weight is 491 g/mol. The van der Waals surface area contributed by atoms with Crippen molar-refractivity contribution in [2.45, 2.75) is 58.1 Å². The summed E-state index contributed by atoms with van der Waals surface area (Å²) < 4.78 is 12.6. The number of ether oxygens (including phenoxy) is 2. The summed E-state index contributed by atoms with van der Waals surface area (Å²) in [6, 6.07) is 16.8. The lowest BCUT2D eigenvalue weighted by molar-refractivity contribution is -0.123. The van der Waals surface area contributed by atoms with E-state index in [1.54, 1.807) is 22.5 Å². The maximum atomic E-state index is 13.8. The molecule has 36 heavy (non-hydrogen) atoms. The predicted molar refractivity (Wildman–Crippen MR) is 138 cm³/mol. The second kappa shape index (κ2) is 10.2. The lowest BCUT2D eigenvalue weighted by atomic mass is 9.87. The fourth-order valence-electron chi connectivity index (χ4n) is 4.98. The van der Waals surface area contributed by atoms with Crippen LogP contribution in [0.25, 0.3) is 10.9 Å². The van der Waals surface area contributed by atoms with E-state index in [2.05, 4.69) is 0 Å². The SMILES string of the molecule is CCOC(=O)c1cc2cc(CC(=O)[C@@H]3[C@@H](c4ccccc4)CCN3C(=O)OC(C)(C)C)ccc2n1C. The topological polar surface area (TPSA) is 77.8 Å². The van der Waals surface area contributed by atoms with Crippen molar-refractivity contribution in [2.24, 2.45) is 7.05 Å². The van der Waals surface area contributed by atoms with Gasteiger partial charge in [-0.2, -0.15) is 0 Å². The molecule has 2 aromatic carbocycles. The second-order valence-corrected chi connectivity index (χ2v) is 10.3. The molecular weight excluding hydrogens is 456 g/mol. The zero-order valence-corrected chi connectivity index (χ0v) is 21.6. The highest BCUT2D eigenvalue weighted by molar-refractivity contribution is 5.96. The molecule has 7 nitrogen and oxygen atoms in total. The quantitative estimate of drug-likeness (QED) is 0.441. The fraction of sp³-hybridized carbons (Fsp3) is 0.414. The van der Waals surface area contributed by atoms with Crippen molar-refractivity contribution >= 4 is 28.7 Å². The van der Waals surface area contributed by atoms with E-state index in [1.165, 1.54) is 0 Å². The summed E-state index contributed by atoms with van der Waals surface area (Å²) in [6.07, 6.45) is 0.407. The number of benzene rings is 2. The van der Waals surface area contributed by atoms with Crippen LogP contribution in [0.1, 0.15) is 61.6 Å². The lowest BCUT2D eigenvalue weighted by Gasteiger charge is -2.30. The number of likely N-dealkylation sites (tertiary alicyclic amines) is 1. The number of esters is 1. The van der Waals surface area contributed by atoms with E-state index in [0.29, 0.717) is 25.3 Å². The van der Waals surface area contributed by atoms with Crippen LogP contribution < -0.4 is 0 Å². The third-order valence-corrected chi connectivity index (χ3v) is 6.55. The van der Waals surface area contributed by atoms with Crippen molar-refractivity contribution < 1.29 is 23.9 Å². The van der Waals surface area contributed by atoms with Gasteiger partial charge in [0.05, 0.1) is 6.61 Å². The van der Waals surface area contributed by atoms with Crippen LogP contribution in [0.5, 0.6) is 0 Å². The van der Waals surface area contributed by atoms with Crippen molar-refractivity contribution in [1.29, 1.82) is 0 Å². The first kappa shape index (κ1) is 25.5. The van der Waals surface area contributed by atoms with E-state index < -0.39 is 17.7 Å². The summed E-state index contributed by atoms with van der Waals surface area (Å²) in [7, 11) is 1.82. The number of aryl methyl sites for hydroxylation is 1. The lowest BCUT2D eigenvalue weighted by Crippen LogP contribution is -2.45. The van der Waals surface area contributed by atoms with E-state index in [9.17, 15) is 14.4 Å². The molecule has 7 heteroatoms. The molecule has 0 aliphatic carbocycles. The number of hydrogen-bond acceptors (Lipinski definition) is 5. The maximum absolute atomic E-state index is 13.8. The van der Waals surface area contributed by atoms with Crippen molar-refractivity contribution in [2.75, 3.05) is 13.2 Å². The summed E-state index contributed by atoms with van der Waals surface area (Å²) in [5, 5.41) is 0.862. The molecule has 190 valence electrons. The molecule has 0 spiro atoms. The predicted octanol–water partition coefficient (Wildman–Crippen LogP) is 5.26. The third kappa shape index (κ3) is 5.30. The molecule has 0 saturated carbocycles. The number of aromatic nitrogens is 1. The van der Waals surface area contributed by atoms with Crippen LogP contribution in [0, 0.1) is 0 Å². The highest BCUT2D eigenvalue weighted by atomic mass is 16.6. The molecule has 0 N–H and O–H groups in total. The molecule has 1 aliphatic rings. The number of carbonyl (C=O) groups excluding carboxylic acids is 3. The summed E-state index contributed by atoms with van der Waals surface area (Å²) in [4.78, 5) is 40.7. The summed E-state index contributed by atoms with van der Waals surface area (Å²) in [6.45, 7) is 8.02. The van der Waals surface area contributed by atoms with Crippen molar-refractivity contribution in [3.05, 3.63) is 71.4 Å². The fourth-order valence-corrected chi connectivity index (χ4v) is 4.98. The second-order valence-electron chi connectivity index (χ2n) is 10.3. The standard InChI is InChI=1S/C29H34N2O5/c1-6-35-27(33)24-18-21-16-19(12-13-23(21)30(24)5)17-25(32)26-22(20-10-8-7-9-11-20)14-15-31(26)28(34)36-29(2,3)4/h7-13,16,18,22,26H,6,14-15,17H2,1-5H3/t22-,26+/m1/s1. The molecular formula is C29H34N2O5. The Labute approximate surface area is 212 Å². The zero-order valence-electron chi connectivity index (χ0n) is 21.6. The van der Waals surface area contributed by atoms with E-state index >= 15 is 0 Å². The minimum atomic E-state index is -0.648. The molecule has 0 bridgehead atoms. The molecule has 1 aromatic heterocycles. The highest BCUT2D eigenvalue weighted by Gasteiger charge is 2.43. The monoisotopic (exact) mass is 490 g/mol. The molecule has 1 amide bonds. The van der Waals surface area contributed by atoms with Crippen LogP contribution >= 0.6 is 0 Å². The van der Waals surface area contributed by atoms with Crippen LogP contribution in [0.2, 0.25) is 0 Å². The van der Waals surface area contributed by atoms with Crippen LogP contribution in [-0.4, -0.2) is 52.1 Å². The number of Topliss-reactive ketones (excluding diaryl/α,β-unsaturated/α-hetero) is 1. The molecule has 0 unspecified atom stereocenters. The number of carbonyl (C=O) groups is 3. The summed E-state index contributed by atoms with van der Waals surface area (Å²) in [5.41, 5.74) is 2.57. The normalized spacial score (nSPS) is 17.9. The van der Waals surface area contributed by atoms with Gasteiger partial charge in [0.2, 0.25) is 0 Å². The summed E-state index contributed by atoms with van der Waals surface area (Å²) >= 11 is 0. The summed E-state index contributed by atoms with van der Waals surface area (Å²) in [5.74, 6) is -0.506. The molecule has 1 saturated heterocycles. The van der Waals surface area contributed by atoms with E-state index in [1.807, 2.05) is 76.3 Å². The van der Waals surface area contributed by atoms with Crippen molar-refractivity contribution in [3.63, 3.8) is 0 Å². The van der Waals surface area contributed by atoms with Gasteiger partial charge in [-0.15, -0.1) is 0 Å². The van der Waals surface area contributed by atoms with Gasteiger partial charge in [0.15, 0.2) is 5.78 Å². The molecule has 1 aliphatic heterocycles. The smallest absolute Gasteiger partial charge is 0.410 e. The van der Waals surface area contributed by atoms with Gasteiger partial charge in [-0.3, -0.25) is 9.69 Å². The van der Waals surface area contributed by atoms with E-state index in [-0.39, 0.29) is 24.1 Å². The van der Waals surface area contributed by atoms with Gasteiger partial charge in [-0.25, -0.2) is 9.59 Å². The van der Waals surface area contributed by atoms with Gasteiger partial charge in [-0.1, -0.05) is 36.4 Å². The number of fused-ring (bicyclic) bond motifs is 1. The first-order chi connectivity index (χ1) is 17.1. The maximum Gasteiger partial charge on any atom is 0.410 e. The molecule has 2 atom stereocenters. The number of hydrogen-bond donors (Lipinski definition) is 0. The molecule has 0 radical (unpaired) electrons. The molecule has 2 heterocycles. The van der Waals surface area contributed by atoms with Gasteiger partial charge in [0.25, 0.3) is 0 Å². The Balaban J connectivity index is 1.62. The minimum absolute atomic E-state index is 0.0342. The number of ketones is 1. The average Bonchev–Trinajstić information content (AvgIpc) is 3.41. The Kier molecular flexibility index (Phi) is 7.20. The first-order valence-corrected chi connectivity index (χ1v) is 12.4. The largest absolute Gasteiger partial charge is 0.461 e. The molecule has 3 aromatic rings. The number of rotatable bonds is 6. The Morgan fingerprint density at radius 2 is 1.75 bits per heavy atom. The first-order valence-electron chi connectivity index (χ1n) is 12.4. The Morgan fingerprint density at radius 3 is 2.42 bits per heavy atom. The zero-order chi connectivity index (χ0) is 26.0. The van der Waals surface area contributed by atoms with Crippen LogP contribution in [-0.2, 0) is 27.7 Å². The van der Waals surface area contributed by atoms with Crippen LogP contribution in [0.4, 0.5) is 4.79 Å². The van der Waals surface area contributed by atoms with Gasteiger partial charge in [-0.05, 0) is 63.4 Å². The van der Waals surface area contributed by atoms with Crippen molar-refractivity contribution in [3.8, 4) is 0 Å². The van der Waals surface area contributed by atoms with E-state index in [0.717, 1.165) is 22.0 Å². The van der Waals surface area contributed by atoms with E-state index in [4.69, 9.17) is 9.47 Å². The molecule has 4 rings (SSSR count). The Morgan fingerprint density at radius 1 is 1.03 bits per heavy atom. The number of amides is 1. The minimum Gasteiger partial charge on any atom is -0.461 e. The Hall–Kier alpha value is -3.61. The van der Waals surface area contributed by atoms with Gasteiger partial charge in [0, 0.05) is 36.8 Å².